The van der Waals surface area contributed by atoms with E-state index in [1.165, 1.54) is 11.3 Å². The molecular weight excluding hydrogens is 346 g/mol. The molecule has 26 heavy (non-hydrogen) atoms. The van der Waals surface area contributed by atoms with E-state index in [1.54, 1.807) is 4.57 Å². The highest BCUT2D eigenvalue weighted by Gasteiger charge is 2.21. The maximum absolute atomic E-state index is 13.4. The van der Waals surface area contributed by atoms with Crippen molar-refractivity contribution >= 4 is 32.6 Å². The van der Waals surface area contributed by atoms with Gasteiger partial charge in [0.15, 0.2) is 5.65 Å². The first kappa shape index (κ1) is 16.7. The summed E-state index contributed by atoms with van der Waals surface area (Å²) in [6.45, 7) is 5.96. The second kappa shape index (κ2) is 5.92. The van der Waals surface area contributed by atoms with E-state index >= 15 is 0 Å². The molecule has 0 saturated carbocycles. The fraction of sp³-hybridized carbons (Fsp3) is 0.250. The SMILES string of the molecule is Cc1cc2c(s1)c(=O)c1c(=O)n(-c3ccccc3)c(C(C)C)nc1n2C. The number of nitrogens with zero attached hydrogens (tertiary/aromatic N) is 3. The Morgan fingerprint density at radius 3 is 2.46 bits per heavy atom. The molecule has 3 aromatic heterocycles. The van der Waals surface area contributed by atoms with Gasteiger partial charge in [0, 0.05) is 17.8 Å². The van der Waals surface area contributed by atoms with Gasteiger partial charge in [-0.1, -0.05) is 32.0 Å². The second-order valence-electron chi connectivity index (χ2n) is 6.76. The summed E-state index contributed by atoms with van der Waals surface area (Å²) in [5.74, 6) is 0.678. The Hall–Kier alpha value is -2.73. The molecule has 0 aliphatic rings. The Kier molecular flexibility index (Phi) is 3.80. The molecule has 1 aromatic carbocycles. The first-order valence-electron chi connectivity index (χ1n) is 8.51. The molecule has 3 heterocycles. The standard InChI is InChI=1S/C20H19N3O2S/c1-11(2)18-21-19-15(20(25)23(18)13-8-6-5-7-9-13)16(24)17-14(22(19)4)10-12(3)26-17/h5-11H,1-4H3. The summed E-state index contributed by atoms with van der Waals surface area (Å²) in [5.41, 5.74) is 1.45. The predicted octanol–water partition coefficient (Wildman–Crippen LogP) is 3.73. The third-order valence-corrected chi connectivity index (χ3v) is 5.61. The van der Waals surface area contributed by atoms with Crippen LogP contribution in [0.4, 0.5) is 0 Å². The van der Waals surface area contributed by atoms with Gasteiger partial charge in [0.2, 0.25) is 5.43 Å². The number of rotatable bonds is 2. The lowest BCUT2D eigenvalue weighted by atomic mass is 10.1. The quantitative estimate of drug-likeness (QED) is 0.544. The minimum absolute atomic E-state index is 0.0299. The zero-order valence-electron chi connectivity index (χ0n) is 15.1. The van der Waals surface area contributed by atoms with E-state index in [1.807, 2.05) is 68.8 Å². The smallest absolute Gasteiger partial charge is 0.271 e. The van der Waals surface area contributed by atoms with Crippen molar-refractivity contribution in [1.82, 2.24) is 14.1 Å². The number of thiophene rings is 1. The minimum Gasteiger partial charge on any atom is -0.327 e. The van der Waals surface area contributed by atoms with Gasteiger partial charge in [-0.05, 0) is 25.1 Å². The average molecular weight is 365 g/mol. The van der Waals surface area contributed by atoms with Crippen molar-refractivity contribution in [1.29, 1.82) is 0 Å². The van der Waals surface area contributed by atoms with Crippen LogP contribution >= 0.6 is 11.3 Å². The number of fused-ring (bicyclic) bond motifs is 2. The van der Waals surface area contributed by atoms with Crippen LogP contribution in [0.5, 0.6) is 0 Å². The third-order valence-electron chi connectivity index (χ3n) is 4.57. The summed E-state index contributed by atoms with van der Waals surface area (Å²) in [5, 5.41) is 0.148. The summed E-state index contributed by atoms with van der Waals surface area (Å²) >= 11 is 1.42. The molecule has 4 aromatic rings. The summed E-state index contributed by atoms with van der Waals surface area (Å²) in [7, 11) is 1.86. The van der Waals surface area contributed by atoms with Crippen LogP contribution in [0.2, 0.25) is 0 Å². The van der Waals surface area contributed by atoms with Gasteiger partial charge in [-0.2, -0.15) is 0 Å². The van der Waals surface area contributed by atoms with Crippen LogP contribution < -0.4 is 11.0 Å². The zero-order chi connectivity index (χ0) is 18.6. The van der Waals surface area contributed by atoms with E-state index in [2.05, 4.69) is 0 Å². The first-order valence-corrected chi connectivity index (χ1v) is 9.33. The average Bonchev–Trinajstić information content (AvgIpc) is 3.02. The molecule has 0 spiro atoms. The summed E-state index contributed by atoms with van der Waals surface area (Å²) in [4.78, 5) is 32.3. The third kappa shape index (κ3) is 2.33. The monoisotopic (exact) mass is 365 g/mol. The van der Waals surface area contributed by atoms with Gasteiger partial charge >= 0.3 is 0 Å². The number of aryl methyl sites for hydroxylation is 2. The largest absolute Gasteiger partial charge is 0.327 e. The molecule has 4 rings (SSSR count). The van der Waals surface area contributed by atoms with Crippen molar-refractivity contribution in [3.8, 4) is 5.69 Å². The van der Waals surface area contributed by atoms with Crippen LogP contribution in [0.15, 0.2) is 46.0 Å². The molecule has 0 saturated heterocycles. The van der Waals surface area contributed by atoms with Gasteiger partial charge in [0.05, 0.1) is 15.9 Å². The Bertz CT molecular complexity index is 1260. The van der Waals surface area contributed by atoms with E-state index in [0.717, 1.165) is 16.1 Å². The topological polar surface area (TPSA) is 56.9 Å². The number of hydrogen-bond acceptors (Lipinski definition) is 4. The highest BCUT2D eigenvalue weighted by molar-refractivity contribution is 7.18. The highest BCUT2D eigenvalue weighted by atomic mass is 32.1. The van der Waals surface area contributed by atoms with Crippen molar-refractivity contribution in [3.63, 3.8) is 0 Å². The molecule has 0 fully saturated rings. The Morgan fingerprint density at radius 2 is 1.81 bits per heavy atom. The maximum atomic E-state index is 13.4. The number of aromatic nitrogens is 3. The van der Waals surface area contributed by atoms with E-state index in [0.29, 0.717) is 16.2 Å². The van der Waals surface area contributed by atoms with Crippen molar-refractivity contribution in [2.75, 3.05) is 0 Å². The molecule has 0 amide bonds. The van der Waals surface area contributed by atoms with E-state index < -0.39 is 0 Å². The summed E-state index contributed by atoms with van der Waals surface area (Å²) in [6.07, 6.45) is 0. The molecular formula is C20H19N3O2S. The molecule has 0 atom stereocenters. The van der Waals surface area contributed by atoms with Crippen LogP contribution in [0.25, 0.3) is 26.9 Å². The normalized spacial score (nSPS) is 11.7. The number of para-hydroxylation sites is 1. The first-order chi connectivity index (χ1) is 12.4. The van der Waals surface area contributed by atoms with Gasteiger partial charge in [0.1, 0.15) is 11.2 Å². The van der Waals surface area contributed by atoms with E-state index in [4.69, 9.17) is 4.98 Å². The minimum atomic E-state index is -0.307. The predicted molar refractivity (Wildman–Crippen MR) is 107 cm³/mol. The lowest BCUT2D eigenvalue weighted by molar-refractivity contribution is 0.716. The van der Waals surface area contributed by atoms with Crippen LogP contribution in [-0.2, 0) is 7.05 Å². The van der Waals surface area contributed by atoms with Crippen molar-refractivity contribution < 1.29 is 0 Å². The lowest BCUT2D eigenvalue weighted by Crippen LogP contribution is -2.29. The van der Waals surface area contributed by atoms with Crippen molar-refractivity contribution in [2.45, 2.75) is 26.7 Å². The summed E-state index contributed by atoms with van der Waals surface area (Å²) < 4.78 is 4.03. The number of benzene rings is 1. The molecule has 0 radical (unpaired) electrons. The van der Waals surface area contributed by atoms with Crippen LogP contribution in [0.1, 0.15) is 30.5 Å². The summed E-state index contributed by atoms with van der Waals surface area (Å²) in [6, 6.07) is 11.3. The maximum Gasteiger partial charge on any atom is 0.271 e. The van der Waals surface area contributed by atoms with E-state index in [-0.39, 0.29) is 22.3 Å². The van der Waals surface area contributed by atoms with Crippen molar-refractivity contribution in [2.24, 2.45) is 7.05 Å². The van der Waals surface area contributed by atoms with Crippen LogP contribution in [0.3, 0.4) is 0 Å². The van der Waals surface area contributed by atoms with E-state index in [9.17, 15) is 9.59 Å². The lowest BCUT2D eigenvalue weighted by Gasteiger charge is -2.17. The Balaban J connectivity index is 2.27. The number of hydrogen-bond donors (Lipinski definition) is 0. The zero-order valence-corrected chi connectivity index (χ0v) is 15.9. The molecule has 0 N–H and O–H groups in total. The highest BCUT2D eigenvalue weighted by Crippen LogP contribution is 2.25. The number of pyridine rings is 1. The second-order valence-corrected chi connectivity index (χ2v) is 8.02. The van der Waals surface area contributed by atoms with Gasteiger partial charge < -0.3 is 4.57 Å². The Labute approximate surface area is 154 Å². The molecule has 132 valence electrons. The molecule has 6 heteroatoms. The fourth-order valence-electron chi connectivity index (χ4n) is 3.32. The van der Waals surface area contributed by atoms with Crippen LogP contribution in [-0.4, -0.2) is 14.1 Å². The van der Waals surface area contributed by atoms with Gasteiger partial charge in [-0.3, -0.25) is 14.2 Å². The molecule has 5 nitrogen and oxygen atoms in total. The van der Waals surface area contributed by atoms with Gasteiger partial charge in [-0.15, -0.1) is 11.3 Å². The fourth-order valence-corrected chi connectivity index (χ4v) is 4.31. The molecule has 0 aliphatic heterocycles. The molecule has 0 aliphatic carbocycles. The van der Waals surface area contributed by atoms with Gasteiger partial charge in [0.25, 0.3) is 5.56 Å². The van der Waals surface area contributed by atoms with Crippen molar-refractivity contribution in [3.05, 3.63) is 67.7 Å². The van der Waals surface area contributed by atoms with Crippen LogP contribution in [0, 0.1) is 6.92 Å². The van der Waals surface area contributed by atoms with Gasteiger partial charge in [-0.25, -0.2) is 4.98 Å². The molecule has 0 bridgehead atoms. The molecule has 0 unspecified atom stereocenters. The Morgan fingerprint density at radius 1 is 1.12 bits per heavy atom.